The molecule has 0 fully saturated rings. The maximum atomic E-state index is 12.8. The van der Waals surface area contributed by atoms with E-state index in [-0.39, 0.29) is 18.4 Å². The highest BCUT2D eigenvalue weighted by Crippen LogP contribution is 2.32. The zero-order chi connectivity index (χ0) is 17.0. The number of aromatic nitrogens is 4. The van der Waals surface area contributed by atoms with Crippen molar-refractivity contribution in [2.75, 3.05) is 0 Å². The molecule has 0 saturated heterocycles. The first kappa shape index (κ1) is 16.9. The number of rotatable bonds is 5. The Morgan fingerprint density at radius 3 is 2.65 bits per heavy atom. The SMILES string of the molecule is CC(C)[C@H](NC(=O)Cn1cnnn1)c1cccc(C(F)(F)F)c1. The summed E-state index contributed by atoms with van der Waals surface area (Å²) < 4.78 is 39.7. The molecule has 1 aromatic heterocycles. The summed E-state index contributed by atoms with van der Waals surface area (Å²) in [5.74, 6) is -0.468. The van der Waals surface area contributed by atoms with E-state index in [2.05, 4.69) is 20.8 Å². The van der Waals surface area contributed by atoms with E-state index in [1.807, 2.05) is 13.8 Å². The second-order valence-corrected chi connectivity index (χ2v) is 5.42. The number of alkyl halides is 3. The third-order valence-electron chi connectivity index (χ3n) is 3.25. The third kappa shape index (κ3) is 4.51. The predicted octanol–water partition coefficient (Wildman–Crippen LogP) is 2.21. The van der Waals surface area contributed by atoms with Crippen molar-refractivity contribution in [3.63, 3.8) is 0 Å². The molecule has 0 saturated carbocycles. The van der Waals surface area contributed by atoms with Crippen molar-refractivity contribution in [1.29, 1.82) is 0 Å². The van der Waals surface area contributed by atoms with Gasteiger partial charge in [-0.25, -0.2) is 4.68 Å². The van der Waals surface area contributed by atoms with E-state index in [1.165, 1.54) is 17.1 Å². The van der Waals surface area contributed by atoms with Gasteiger partial charge in [-0.3, -0.25) is 4.79 Å². The number of nitrogens with one attached hydrogen (secondary N) is 1. The number of hydrogen-bond acceptors (Lipinski definition) is 4. The number of tetrazole rings is 1. The molecule has 2 aromatic rings. The van der Waals surface area contributed by atoms with Gasteiger partial charge in [0.1, 0.15) is 12.9 Å². The summed E-state index contributed by atoms with van der Waals surface area (Å²) in [6.45, 7) is 3.54. The summed E-state index contributed by atoms with van der Waals surface area (Å²) in [5.41, 5.74) is -0.338. The van der Waals surface area contributed by atoms with Gasteiger partial charge in [0.15, 0.2) is 0 Å². The van der Waals surface area contributed by atoms with Crippen LogP contribution in [0.3, 0.4) is 0 Å². The van der Waals surface area contributed by atoms with Crippen LogP contribution in [0.5, 0.6) is 0 Å². The van der Waals surface area contributed by atoms with Crippen LogP contribution >= 0.6 is 0 Å². The van der Waals surface area contributed by atoms with Crippen LogP contribution in [0.1, 0.15) is 31.0 Å². The average Bonchev–Trinajstić information content (AvgIpc) is 2.96. The lowest BCUT2D eigenvalue weighted by molar-refractivity contribution is -0.137. The minimum absolute atomic E-state index is 0.0868. The minimum Gasteiger partial charge on any atom is -0.347 e. The molecule has 1 aromatic carbocycles. The van der Waals surface area contributed by atoms with Crippen LogP contribution in [0.25, 0.3) is 0 Å². The molecule has 0 unspecified atom stereocenters. The van der Waals surface area contributed by atoms with Crippen molar-refractivity contribution in [3.8, 4) is 0 Å². The van der Waals surface area contributed by atoms with Gasteiger partial charge in [0.25, 0.3) is 0 Å². The molecule has 23 heavy (non-hydrogen) atoms. The summed E-state index contributed by atoms with van der Waals surface area (Å²) in [5, 5.41) is 13.1. The van der Waals surface area contributed by atoms with Crippen LogP contribution in [-0.4, -0.2) is 26.1 Å². The molecular formula is C14H16F3N5O. The molecule has 6 nitrogen and oxygen atoms in total. The van der Waals surface area contributed by atoms with Gasteiger partial charge in [-0.15, -0.1) is 5.10 Å². The van der Waals surface area contributed by atoms with Crippen molar-refractivity contribution in [2.45, 2.75) is 32.6 Å². The smallest absolute Gasteiger partial charge is 0.347 e. The highest BCUT2D eigenvalue weighted by molar-refractivity contribution is 5.76. The quantitative estimate of drug-likeness (QED) is 0.914. The number of benzene rings is 1. The predicted molar refractivity (Wildman–Crippen MR) is 75.0 cm³/mol. The maximum absolute atomic E-state index is 12.8. The number of amides is 1. The lowest BCUT2D eigenvalue weighted by Crippen LogP contribution is -2.34. The summed E-state index contributed by atoms with van der Waals surface area (Å²) in [4.78, 5) is 12.0. The van der Waals surface area contributed by atoms with Crippen molar-refractivity contribution < 1.29 is 18.0 Å². The van der Waals surface area contributed by atoms with Gasteiger partial charge >= 0.3 is 6.18 Å². The van der Waals surface area contributed by atoms with Crippen molar-refractivity contribution >= 4 is 5.91 Å². The Hall–Kier alpha value is -2.45. The first-order chi connectivity index (χ1) is 10.8. The molecule has 1 N–H and O–H groups in total. The molecule has 2 rings (SSSR count). The van der Waals surface area contributed by atoms with Gasteiger partial charge in [0.2, 0.25) is 5.91 Å². The third-order valence-corrected chi connectivity index (χ3v) is 3.25. The molecule has 124 valence electrons. The number of nitrogens with zero attached hydrogens (tertiary/aromatic N) is 4. The standard InChI is InChI=1S/C14H16F3N5O/c1-9(2)13(19-12(23)7-22-8-18-20-21-22)10-4-3-5-11(6-10)14(15,16)17/h3-6,8-9,13H,7H2,1-2H3,(H,19,23)/t13-/m0/s1. The van der Waals surface area contributed by atoms with Gasteiger partial charge in [-0.05, 0) is 34.0 Å². The molecule has 0 aliphatic carbocycles. The van der Waals surface area contributed by atoms with Gasteiger partial charge in [-0.1, -0.05) is 26.0 Å². The second-order valence-electron chi connectivity index (χ2n) is 5.42. The molecule has 0 bridgehead atoms. The van der Waals surface area contributed by atoms with Crippen LogP contribution < -0.4 is 5.32 Å². The zero-order valence-corrected chi connectivity index (χ0v) is 12.6. The first-order valence-electron chi connectivity index (χ1n) is 6.94. The summed E-state index contributed by atoms with van der Waals surface area (Å²) in [6.07, 6.45) is -3.14. The Labute approximate surface area is 130 Å². The average molecular weight is 327 g/mol. The highest BCUT2D eigenvalue weighted by Gasteiger charge is 2.31. The fraction of sp³-hybridized carbons (Fsp3) is 0.429. The van der Waals surface area contributed by atoms with E-state index >= 15 is 0 Å². The molecule has 0 aliphatic rings. The van der Waals surface area contributed by atoms with Crippen molar-refractivity contribution in [3.05, 3.63) is 41.7 Å². The van der Waals surface area contributed by atoms with Crippen molar-refractivity contribution in [1.82, 2.24) is 25.5 Å². The van der Waals surface area contributed by atoms with E-state index in [4.69, 9.17) is 0 Å². The van der Waals surface area contributed by atoms with Gasteiger partial charge in [0, 0.05) is 0 Å². The molecule has 1 amide bonds. The Kier molecular flexibility index (Phi) is 4.97. The van der Waals surface area contributed by atoms with Crippen LogP contribution in [0.15, 0.2) is 30.6 Å². The molecular weight excluding hydrogens is 311 g/mol. The maximum Gasteiger partial charge on any atom is 0.416 e. The fourth-order valence-corrected chi connectivity index (χ4v) is 2.16. The van der Waals surface area contributed by atoms with E-state index < -0.39 is 17.8 Å². The Bertz CT molecular complexity index is 655. The Morgan fingerprint density at radius 1 is 1.35 bits per heavy atom. The molecule has 0 spiro atoms. The van der Waals surface area contributed by atoms with Crippen LogP contribution in [-0.2, 0) is 17.5 Å². The number of halogens is 3. The number of carbonyl (C=O) groups is 1. The largest absolute Gasteiger partial charge is 0.416 e. The topological polar surface area (TPSA) is 72.7 Å². The van der Waals surface area contributed by atoms with Gasteiger partial charge in [0.05, 0.1) is 11.6 Å². The highest BCUT2D eigenvalue weighted by atomic mass is 19.4. The van der Waals surface area contributed by atoms with Gasteiger partial charge in [-0.2, -0.15) is 13.2 Å². The van der Waals surface area contributed by atoms with Crippen LogP contribution in [0.2, 0.25) is 0 Å². The lowest BCUT2D eigenvalue weighted by atomic mass is 9.94. The first-order valence-corrected chi connectivity index (χ1v) is 6.94. The van der Waals surface area contributed by atoms with Crippen LogP contribution in [0.4, 0.5) is 13.2 Å². The number of hydrogen-bond donors (Lipinski definition) is 1. The molecule has 1 heterocycles. The van der Waals surface area contributed by atoms with Crippen LogP contribution in [0, 0.1) is 5.92 Å². The summed E-state index contributed by atoms with van der Waals surface area (Å²) in [6, 6.07) is 4.42. The van der Waals surface area contributed by atoms with Gasteiger partial charge < -0.3 is 5.32 Å². The molecule has 1 atom stereocenters. The Morgan fingerprint density at radius 2 is 2.09 bits per heavy atom. The molecule has 0 radical (unpaired) electrons. The van der Waals surface area contributed by atoms with E-state index in [1.54, 1.807) is 6.07 Å². The number of carbonyl (C=O) groups excluding carboxylic acids is 1. The summed E-state index contributed by atoms with van der Waals surface area (Å²) in [7, 11) is 0. The lowest BCUT2D eigenvalue weighted by Gasteiger charge is -2.23. The minimum atomic E-state index is -4.42. The second kappa shape index (κ2) is 6.76. The normalized spacial score (nSPS) is 13.1. The fourth-order valence-electron chi connectivity index (χ4n) is 2.16. The summed E-state index contributed by atoms with van der Waals surface area (Å²) >= 11 is 0. The monoisotopic (exact) mass is 327 g/mol. The Balaban J connectivity index is 2.17. The van der Waals surface area contributed by atoms with E-state index in [9.17, 15) is 18.0 Å². The van der Waals surface area contributed by atoms with E-state index in [0.29, 0.717) is 5.56 Å². The molecule has 0 aliphatic heterocycles. The molecule has 9 heteroatoms. The zero-order valence-electron chi connectivity index (χ0n) is 12.6. The van der Waals surface area contributed by atoms with E-state index in [0.717, 1.165) is 12.1 Å². The van der Waals surface area contributed by atoms with Crippen molar-refractivity contribution in [2.24, 2.45) is 5.92 Å².